The number of hydrogen-bond acceptors (Lipinski definition) is 12. The van der Waals surface area contributed by atoms with Crippen molar-refractivity contribution in [2.24, 2.45) is 11.8 Å². The van der Waals surface area contributed by atoms with Crippen molar-refractivity contribution in [1.82, 2.24) is 9.62 Å². The lowest BCUT2D eigenvalue weighted by Crippen LogP contribution is -3.09. The summed E-state index contributed by atoms with van der Waals surface area (Å²) < 4.78 is 68.5. The molecule has 1 fully saturated rings. The van der Waals surface area contributed by atoms with Gasteiger partial charge < -0.3 is 51.0 Å². The first kappa shape index (κ1) is 66.1. The van der Waals surface area contributed by atoms with Gasteiger partial charge in [-0.1, -0.05) is 122 Å². The number of carbonyl (C=O) groups excluding carboxylic acids is 3. The molecule has 2 N–H and O–H groups in total. The molecular weight excluding hydrogens is 1210 g/mol. The smallest absolute Gasteiger partial charge is 0.332 e. The summed E-state index contributed by atoms with van der Waals surface area (Å²) in [5.41, 5.74) is 10.7. The van der Waals surface area contributed by atoms with Gasteiger partial charge in [0.25, 0.3) is 0 Å². The lowest BCUT2D eigenvalue weighted by atomic mass is 9.79. The Morgan fingerprint density at radius 1 is 0.710 bits per heavy atom. The van der Waals surface area contributed by atoms with E-state index in [1.165, 1.54) is 27.4 Å². The van der Waals surface area contributed by atoms with Gasteiger partial charge in [0.2, 0.25) is 15.9 Å². The van der Waals surface area contributed by atoms with Gasteiger partial charge in [-0.2, -0.15) is 4.31 Å². The van der Waals surface area contributed by atoms with E-state index >= 15 is 8.42 Å². The molecule has 1 amide bonds. The summed E-state index contributed by atoms with van der Waals surface area (Å²) in [6.45, 7) is 4.08. The molecule has 1 saturated heterocycles. The predicted molar refractivity (Wildman–Crippen MR) is 355 cm³/mol. The number of quaternary nitrogens is 1. The van der Waals surface area contributed by atoms with Gasteiger partial charge in [0.1, 0.15) is 59.3 Å². The number of para-hydroxylation sites is 2. The van der Waals surface area contributed by atoms with Gasteiger partial charge in [0.05, 0.1) is 38.9 Å². The van der Waals surface area contributed by atoms with E-state index in [4.69, 9.17) is 28.4 Å². The van der Waals surface area contributed by atoms with Gasteiger partial charge >= 0.3 is 5.97 Å². The molecule has 4 heterocycles. The highest BCUT2D eigenvalue weighted by molar-refractivity contribution is 7.89. The van der Waals surface area contributed by atoms with Gasteiger partial charge in [0, 0.05) is 102 Å². The number of nitrogens with zero attached hydrogens (tertiary/aromatic N) is 2. The summed E-state index contributed by atoms with van der Waals surface area (Å²) in [5.74, 6) is 1.46. The number of nitrogens with one attached hydrogen (secondary N) is 2. The van der Waals surface area contributed by atoms with E-state index in [0.717, 1.165) is 77.9 Å². The highest BCUT2D eigenvalue weighted by Gasteiger charge is 2.41. The Balaban J connectivity index is 0.00000884. The van der Waals surface area contributed by atoms with Crippen LogP contribution in [-0.2, 0) is 57.1 Å². The molecule has 5 aliphatic rings. The molecule has 3 atom stereocenters. The standard InChI is InChI=1S/C76H80N4O11S.ClH/c1-4-77-73(82)51-88-52-74(83)89-49-53(50-90-76(57-20-8-6-9-21-57,58-27-33-62(86-2)34-28-58)59-29-35-63(87-3)36-30-59)17-7-5-10-25-69(81)56-39-43-78(44-40-56)92(84,85)72-26-16-13-22-66(72)75-64-37-31-60(79-45-41-54-18-11-14-23-67(54)79)47-70(64)91-71-48-61(32-38-65(71)75)80-46-42-55-19-12-15-24-68(55)80;/h6,8-9,11-16,18-24,26-38,47-48,53,56,60H,4-5,7,10,17,25,39-46,49-52H2,1-3H3,(H,77,82);1H. The third-order valence-electron chi connectivity index (χ3n) is 18.7. The molecular formula is C76H81ClN4O11S. The third kappa shape index (κ3) is 14.4. The van der Waals surface area contributed by atoms with Crippen molar-refractivity contribution >= 4 is 50.3 Å². The molecule has 93 heavy (non-hydrogen) atoms. The number of hydrogen-bond donors (Lipinski definition) is 2. The van der Waals surface area contributed by atoms with Gasteiger partial charge in [-0.3, -0.25) is 14.5 Å². The van der Waals surface area contributed by atoms with Crippen molar-refractivity contribution in [2.75, 3.05) is 78.3 Å². The van der Waals surface area contributed by atoms with E-state index < -0.39 is 21.6 Å². The number of Topliss-reactive ketones (excluding diaryl/α,β-unsaturated/α-hetero) is 1. The van der Waals surface area contributed by atoms with Crippen LogP contribution in [0.25, 0.3) is 5.57 Å². The average Bonchev–Trinajstić information content (AvgIpc) is 0.979. The number of ketones is 1. The molecule has 0 bridgehead atoms. The topological polar surface area (TPSA) is 164 Å². The zero-order valence-corrected chi connectivity index (χ0v) is 54.6. The number of esters is 1. The van der Waals surface area contributed by atoms with E-state index in [2.05, 4.69) is 95.2 Å². The number of amides is 1. The molecule has 7 aromatic rings. The number of unbranched alkanes of at least 4 members (excludes halogenated alkanes) is 2. The Hall–Kier alpha value is -8.35. The van der Waals surface area contributed by atoms with Crippen molar-refractivity contribution in [3.05, 3.63) is 238 Å². The van der Waals surface area contributed by atoms with Crippen LogP contribution in [0.1, 0.15) is 90.8 Å². The maximum Gasteiger partial charge on any atom is 0.332 e. The molecule has 0 radical (unpaired) electrons. The minimum Gasteiger partial charge on any atom is -1.00 e. The van der Waals surface area contributed by atoms with E-state index in [9.17, 15) is 14.4 Å². The molecule has 1 aliphatic carbocycles. The molecule has 3 unspecified atom stereocenters. The Labute approximate surface area is 552 Å². The first-order valence-corrected chi connectivity index (χ1v) is 33.8. The molecule has 15 nitrogen and oxygen atoms in total. The van der Waals surface area contributed by atoms with Crippen molar-refractivity contribution in [3.8, 4) is 17.2 Å². The van der Waals surface area contributed by atoms with Crippen molar-refractivity contribution < 1.29 is 68.5 Å². The van der Waals surface area contributed by atoms with Crippen molar-refractivity contribution in [3.63, 3.8) is 0 Å². The first-order chi connectivity index (χ1) is 44.9. The minimum absolute atomic E-state index is 0. The fraction of sp³-hybridized carbons (Fsp3) is 0.329. The molecule has 12 rings (SSSR count). The Bertz CT molecular complexity index is 3950. The van der Waals surface area contributed by atoms with Crippen LogP contribution >= 0.6 is 0 Å². The molecule has 0 aromatic heterocycles. The zero-order valence-electron chi connectivity index (χ0n) is 53.0. The average molecular weight is 1290 g/mol. The van der Waals surface area contributed by atoms with Crippen molar-refractivity contribution in [2.45, 2.75) is 81.2 Å². The summed E-state index contributed by atoms with van der Waals surface area (Å²) in [4.78, 5) is 43.1. The van der Waals surface area contributed by atoms with Crippen LogP contribution in [0.5, 0.6) is 17.2 Å². The number of fused-ring (bicyclic) bond motifs is 4. The number of benzene rings is 7. The fourth-order valence-corrected chi connectivity index (χ4v) is 15.5. The predicted octanol–water partition coefficient (Wildman–Crippen LogP) is 8.43. The van der Waals surface area contributed by atoms with E-state index in [1.807, 2.05) is 97.9 Å². The zero-order chi connectivity index (χ0) is 63.6. The molecule has 0 spiro atoms. The number of methoxy groups -OCH3 is 2. The second-order valence-electron chi connectivity index (χ2n) is 24.3. The maximum atomic E-state index is 15.2. The second kappa shape index (κ2) is 30.2. The molecule has 7 aromatic carbocycles. The van der Waals surface area contributed by atoms with E-state index in [1.54, 1.807) is 30.7 Å². The summed E-state index contributed by atoms with van der Waals surface area (Å²) in [5, 5.41) is 2.66. The number of rotatable bonds is 27. The molecule has 17 heteroatoms. The van der Waals surface area contributed by atoms with Gasteiger partial charge in [-0.25, -0.2) is 13.2 Å². The summed E-state index contributed by atoms with van der Waals surface area (Å²) in [6.07, 6.45) is 12.4. The Kier molecular flexibility index (Phi) is 21.4. The summed E-state index contributed by atoms with van der Waals surface area (Å²) >= 11 is 0. The largest absolute Gasteiger partial charge is 1.00 e. The van der Waals surface area contributed by atoms with Crippen LogP contribution < -0.4 is 41.7 Å². The SMILES string of the molecule is CCNC(=O)COCC(=O)OCC(CCCCCC(=O)C1CCN(S(=O)(=O)c2ccccc2C2=C3C=CC([NH+]4CCc5ccccc54)C=C3Oc3cc(N4CCc5ccccc54)ccc32)CC1)COC(c1ccccc1)(c1ccc(OC)cc1)c1ccc(OC)cc1.[Cl-]. The van der Waals surface area contributed by atoms with Crippen LogP contribution in [0.3, 0.4) is 0 Å². The third-order valence-corrected chi connectivity index (χ3v) is 20.6. The molecule has 0 saturated carbocycles. The quantitative estimate of drug-likeness (QED) is 0.0288. The van der Waals surface area contributed by atoms with E-state index in [0.29, 0.717) is 67.2 Å². The number of sulfonamides is 1. The van der Waals surface area contributed by atoms with Crippen LogP contribution in [-0.4, -0.2) is 110 Å². The molecule has 484 valence electrons. The lowest BCUT2D eigenvalue weighted by molar-refractivity contribution is -0.839. The van der Waals surface area contributed by atoms with Crippen LogP contribution in [0.15, 0.2) is 204 Å². The first-order valence-electron chi connectivity index (χ1n) is 32.3. The number of likely N-dealkylation sites (N-methyl/N-ethyl adjacent to an activating group) is 1. The fourth-order valence-electron chi connectivity index (χ4n) is 13.9. The number of piperidine rings is 1. The Morgan fingerprint density at radius 3 is 2.12 bits per heavy atom. The molecule has 4 aliphatic heterocycles. The van der Waals surface area contributed by atoms with Crippen molar-refractivity contribution in [1.29, 1.82) is 0 Å². The van der Waals surface area contributed by atoms with Crippen LogP contribution in [0, 0.1) is 11.8 Å². The van der Waals surface area contributed by atoms with Crippen LogP contribution in [0.2, 0.25) is 0 Å². The van der Waals surface area contributed by atoms with Gasteiger partial charge in [-0.15, -0.1) is 0 Å². The van der Waals surface area contributed by atoms with E-state index in [-0.39, 0.29) is 86.4 Å². The monoisotopic (exact) mass is 1290 g/mol. The number of ether oxygens (including phenoxy) is 6. The number of halogens is 1. The Morgan fingerprint density at radius 2 is 1.39 bits per heavy atom. The number of carbonyl (C=O) groups is 3. The number of allylic oxidation sites excluding steroid dienone is 1. The van der Waals surface area contributed by atoms with Crippen LogP contribution in [0.4, 0.5) is 17.1 Å². The summed E-state index contributed by atoms with van der Waals surface area (Å²) in [7, 11) is -0.790. The highest BCUT2D eigenvalue weighted by Crippen LogP contribution is 2.48. The normalized spacial score (nSPS) is 17.2. The minimum atomic E-state index is -4.05. The summed E-state index contributed by atoms with van der Waals surface area (Å²) in [6, 6.07) is 56.4. The highest BCUT2D eigenvalue weighted by atomic mass is 35.5. The maximum absolute atomic E-state index is 15.2. The van der Waals surface area contributed by atoms with Gasteiger partial charge in [0.15, 0.2) is 0 Å². The number of anilines is 2. The lowest BCUT2D eigenvalue weighted by Gasteiger charge is -2.37. The van der Waals surface area contributed by atoms with Gasteiger partial charge in [-0.05, 0) is 128 Å². The second-order valence-corrected chi connectivity index (χ2v) is 26.2.